The third kappa shape index (κ3) is 5.62. The lowest BCUT2D eigenvalue weighted by molar-refractivity contribution is -0.108. The molecule has 6 heteroatoms. The molecule has 0 aliphatic heterocycles. The third-order valence-electron chi connectivity index (χ3n) is 2.27. The van der Waals surface area contributed by atoms with Crippen LogP contribution in [0.1, 0.15) is 19.8 Å². The first-order valence-corrected chi connectivity index (χ1v) is 4.95. The highest BCUT2D eigenvalue weighted by atomic mass is 127. The van der Waals surface area contributed by atoms with Crippen LogP contribution >= 0.6 is 24.0 Å². The lowest BCUT2D eigenvalue weighted by atomic mass is 9.81. The molecular weight excluding hydrogens is 327 g/mol. The van der Waals surface area contributed by atoms with Gasteiger partial charge in [-0.2, -0.15) is 0 Å². The van der Waals surface area contributed by atoms with E-state index in [0.717, 1.165) is 5.57 Å². The summed E-state index contributed by atoms with van der Waals surface area (Å²) < 4.78 is 24.9. The van der Waals surface area contributed by atoms with Crippen molar-refractivity contribution >= 4 is 29.9 Å². The fourth-order valence-electron chi connectivity index (χ4n) is 1.45. The fraction of sp³-hybridized carbons (Fsp3) is 0.700. The van der Waals surface area contributed by atoms with Gasteiger partial charge in [-0.1, -0.05) is 12.2 Å². The number of alkyl halides is 2. The summed E-state index contributed by atoms with van der Waals surface area (Å²) >= 11 is 0. The Morgan fingerprint density at radius 2 is 2.12 bits per heavy atom. The smallest absolute Gasteiger partial charge is 0.248 e. The molecule has 0 aromatic carbocycles. The second-order valence-corrected chi connectivity index (χ2v) is 4.17. The van der Waals surface area contributed by atoms with E-state index in [9.17, 15) is 8.78 Å². The van der Waals surface area contributed by atoms with Crippen molar-refractivity contribution in [3.05, 3.63) is 12.2 Å². The van der Waals surface area contributed by atoms with Crippen molar-refractivity contribution in [1.82, 2.24) is 5.32 Å². The van der Waals surface area contributed by atoms with Crippen LogP contribution in [0.5, 0.6) is 0 Å². The van der Waals surface area contributed by atoms with Crippen molar-refractivity contribution in [2.45, 2.75) is 25.7 Å². The van der Waals surface area contributed by atoms with Gasteiger partial charge in [0.25, 0.3) is 0 Å². The van der Waals surface area contributed by atoms with Crippen molar-refractivity contribution < 1.29 is 8.78 Å². The minimum atomic E-state index is -2.46. The summed E-state index contributed by atoms with van der Waals surface area (Å²) in [6, 6.07) is 0. The molecule has 0 unspecified atom stereocenters. The number of nitrogens with zero attached hydrogens (tertiary/aromatic N) is 1. The maximum absolute atomic E-state index is 12.5. The molecule has 0 saturated heterocycles. The SMILES string of the molecule is C=C(C)CN=C(N)NCC1CC(F)(F)C1.I. The predicted molar refractivity (Wildman–Crippen MR) is 72.4 cm³/mol. The molecule has 0 heterocycles. The van der Waals surface area contributed by atoms with Crippen LogP contribution in [0.25, 0.3) is 0 Å². The minimum Gasteiger partial charge on any atom is -0.370 e. The van der Waals surface area contributed by atoms with Crippen molar-refractivity contribution in [1.29, 1.82) is 0 Å². The average Bonchev–Trinajstić information content (AvgIpc) is 2.07. The number of nitrogens with one attached hydrogen (secondary N) is 1. The molecule has 1 aliphatic rings. The van der Waals surface area contributed by atoms with E-state index in [0.29, 0.717) is 19.0 Å². The molecular formula is C10H18F2IN3. The van der Waals surface area contributed by atoms with Crippen LogP contribution in [0, 0.1) is 5.92 Å². The first-order chi connectivity index (χ1) is 6.89. The largest absolute Gasteiger partial charge is 0.370 e. The van der Waals surface area contributed by atoms with Crippen LogP contribution in [-0.2, 0) is 0 Å². The first kappa shape index (κ1) is 15.6. The Bertz CT molecular complexity index is 271. The number of hydrogen-bond acceptors (Lipinski definition) is 1. The van der Waals surface area contributed by atoms with Crippen molar-refractivity contribution in [2.24, 2.45) is 16.6 Å². The Labute approximate surface area is 112 Å². The van der Waals surface area contributed by atoms with Crippen molar-refractivity contribution in [3.63, 3.8) is 0 Å². The molecule has 0 spiro atoms. The quantitative estimate of drug-likeness (QED) is 0.355. The summed E-state index contributed by atoms with van der Waals surface area (Å²) in [6.07, 6.45) is -0.0957. The lowest BCUT2D eigenvalue weighted by Crippen LogP contribution is -2.44. The van der Waals surface area contributed by atoms with Crippen LogP contribution in [0.15, 0.2) is 17.1 Å². The Hall–Kier alpha value is -0.400. The molecule has 3 nitrogen and oxygen atoms in total. The Morgan fingerprint density at radius 3 is 2.56 bits per heavy atom. The molecule has 0 aromatic rings. The van der Waals surface area contributed by atoms with Gasteiger partial charge in [0.05, 0.1) is 6.54 Å². The number of rotatable bonds is 4. The van der Waals surface area contributed by atoms with Gasteiger partial charge in [-0.3, -0.25) is 0 Å². The zero-order chi connectivity index (χ0) is 11.5. The molecule has 0 amide bonds. The van der Waals surface area contributed by atoms with Crippen LogP contribution in [0.2, 0.25) is 0 Å². The molecule has 0 radical (unpaired) electrons. The topological polar surface area (TPSA) is 50.4 Å². The summed E-state index contributed by atoms with van der Waals surface area (Å²) in [5.74, 6) is -2.15. The number of halogens is 3. The standard InChI is InChI=1S/C10H17F2N3.HI/c1-7(2)5-14-9(13)15-6-8-3-10(11,12)4-8;/h8H,1,3-6H2,2H3,(H3,13,14,15);1H. The third-order valence-corrected chi connectivity index (χ3v) is 2.27. The van der Waals surface area contributed by atoms with Crippen LogP contribution in [-0.4, -0.2) is 25.0 Å². The van der Waals surface area contributed by atoms with E-state index in [4.69, 9.17) is 5.73 Å². The maximum Gasteiger partial charge on any atom is 0.248 e. The van der Waals surface area contributed by atoms with Gasteiger partial charge in [0.15, 0.2) is 5.96 Å². The van der Waals surface area contributed by atoms with E-state index >= 15 is 0 Å². The van der Waals surface area contributed by atoms with Crippen LogP contribution < -0.4 is 11.1 Å². The molecule has 0 bridgehead atoms. The van der Waals surface area contributed by atoms with E-state index < -0.39 is 5.92 Å². The lowest BCUT2D eigenvalue weighted by Gasteiger charge is -2.34. The van der Waals surface area contributed by atoms with Gasteiger partial charge in [-0.25, -0.2) is 13.8 Å². The molecule has 1 fully saturated rings. The highest BCUT2D eigenvalue weighted by molar-refractivity contribution is 14.0. The second-order valence-electron chi connectivity index (χ2n) is 4.17. The summed E-state index contributed by atoms with van der Waals surface area (Å²) in [7, 11) is 0. The highest BCUT2D eigenvalue weighted by Gasteiger charge is 2.44. The first-order valence-electron chi connectivity index (χ1n) is 4.95. The minimum absolute atomic E-state index is 0. The summed E-state index contributed by atoms with van der Waals surface area (Å²) in [5, 5.41) is 2.83. The van der Waals surface area contributed by atoms with Gasteiger partial charge >= 0.3 is 0 Å². The average molecular weight is 345 g/mol. The highest BCUT2D eigenvalue weighted by Crippen LogP contribution is 2.41. The predicted octanol–water partition coefficient (Wildman–Crippen LogP) is 2.13. The maximum atomic E-state index is 12.5. The van der Waals surface area contributed by atoms with E-state index in [-0.39, 0.29) is 42.7 Å². The number of hydrogen-bond donors (Lipinski definition) is 2. The molecule has 3 N–H and O–H groups in total. The zero-order valence-corrected chi connectivity index (χ0v) is 11.6. The number of nitrogens with two attached hydrogens (primary N) is 1. The van der Waals surface area contributed by atoms with Gasteiger partial charge in [-0.05, 0) is 12.8 Å². The van der Waals surface area contributed by atoms with E-state index in [1.165, 1.54) is 0 Å². The molecule has 0 aromatic heterocycles. The fourth-order valence-corrected chi connectivity index (χ4v) is 1.45. The summed E-state index contributed by atoms with van der Waals surface area (Å²) in [6.45, 7) is 6.47. The molecule has 16 heavy (non-hydrogen) atoms. The monoisotopic (exact) mass is 345 g/mol. The molecule has 1 aliphatic carbocycles. The van der Waals surface area contributed by atoms with Crippen molar-refractivity contribution in [3.8, 4) is 0 Å². The van der Waals surface area contributed by atoms with Crippen LogP contribution in [0.4, 0.5) is 8.78 Å². The molecule has 1 rings (SSSR count). The second kappa shape index (κ2) is 6.36. The zero-order valence-electron chi connectivity index (χ0n) is 9.30. The summed E-state index contributed by atoms with van der Waals surface area (Å²) in [5.41, 5.74) is 6.44. The van der Waals surface area contributed by atoms with E-state index in [2.05, 4.69) is 16.9 Å². The molecule has 94 valence electrons. The Kier molecular flexibility index (Phi) is 6.20. The Balaban J connectivity index is 0.00000225. The summed E-state index contributed by atoms with van der Waals surface area (Å²) in [4.78, 5) is 3.99. The molecule has 0 atom stereocenters. The van der Waals surface area contributed by atoms with E-state index in [1.807, 2.05) is 6.92 Å². The number of guanidine groups is 1. The normalized spacial score (nSPS) is 19.6. The Morgan fingerprint density at radius 1 is 1.56 bits per heavy atom. The van der Waals surface area contributed by atoms with Crippen molar-refractivity contribution in [2.75, 3.05) is 13.1 Å². The molecule has 1 saturated carbocycles. The van der Waals surface area contributed by atoms with Gasteiger partial charge < -0.3 is 11.1 Å². The van der Waals surface area contributed by atoms with Crippen LogP contribution in [0.3, 0.4) is 0 Å². The van der Waals surface area contributed by atoms with Gasteiger partial charge in [0.2, 0.25) is 5.92 Å². The number of aliphatic imine (C=N–C) groups is 1. The van der Waals surface area contributed by atoms with Gasteiger partial charge in [0.1, 0.15) is 0 Å². The van der Waals surface area contributed by atoms with Gasteiger partial charge in [-0.15, -0.1) is 24.0 Å². The van der Waals surface area contributed by atoms with E-state index in [1.54, 1.807) is 0 Å². The van der Waals surface area contributed by atoms with Gasteiger partial charge in [0, 0.05) is 19.4 Å².